The molecule has 4 nitrogen and oxygen atoms in total. The fourth-order valence-corrected chi connectivity index (χ4v) is 2.77. The molecule has 1 aliphatic heterocycles. The average Bonchev–Trinajstić information content (AvgIpc) is 2.47. The van der Waals surface area contributed by atoms with E-state index in [1.165, 1.54) is 0 Å². The van der Waals surface area contributed by atoms with E-state index in [0.29, 0.717) is 6.42 Å². The van der Waals surface area contributed by atoms with Gasteiger partial charge in [-0.3, -0.25) is 4.79 Å². The molecule has 0 atom stereocenters. The first-order valence-corrected chi connectivity index (χ1v) is 7.98. The van der Waals surface area contributed by atoms with Crippen LogP contribution in [0.3, 0.4) is 0 Å². The van der Waals surface area contributed by atoms with E-state index in [9.17, 15) is 4.79 Å². The number of nitrogens with one attached hydrogen (secondary N) is 2. The summed E-state index contributed by atoms with van der Waals surface area (Å²) in [4.78, 5) is 14.3. The van der Waals surface area contributed by atoms with E-state index in [4.69, 9.17) is 0 Å². The third-order valence-corrected chi connectivity index (χ3v) is 4.27. The topological polar surface area (TPSA) is 44.4 Å². The zero-order valence-electron chi connectivity index (χ0n) is 11.7. The Morgan fingerprint density at radius 1 is 1.30 bits per heavy atom. The Morgan fingerprint density at radius 2 is 2.05 bits per heavy atom. The Labute approximate surface area is 129 Å². The maximum Gasteiger partial charge on any atom is 0.224 e. The molecule has 20 heavy (non-hydrogen) atoms. The maximum absolute atomic E-state index is 11.9. The van der Waals surface area contributed by atoms with Gasteiger partial charge in [-0.25, -0.2) is 0 Å². The van der Waals surface area contributed by atoms with Crippen molar-refractivity contribution in [2.45, 2.75) is 12.8 Å². The first-order chi connectivity index (χ1) is 9.75. The average molecular weight is 340 g/mol. The second kappa shape index (κ2) is 8.39. The molecule has 0 spiro atoms. The van der Waals surface area contributed by atoms with Gasteiger partial charge in [-0.05, 0) is 24.6 Å². The highest BCUT2D eigenvalue weighted by Gasteiger charge is 2.09. The van der Waals surface area contributed by atoms with Gasteiger partial charge in [-0.2, -0.15) is 0 Å². The van der Waals surface area contributed by atoms with Gasteiger partial charge >= 0.3 is 0 Å². The summed E-state index contributed by atoms with van der Waals surface area (Å²) in [6, 6.07) is 7.86. The van der Waals surface area contributed by atoms with Crippen LogP contribution in [-0.2, 0) is 11.2 Å². The van der Waals surface area contributed by atoms with Crippen molar-refractivity contribution in [2.75, 3.05) is 39.3 Å². The first-order valence-electron chi connectivity index (χ1n) is 7.19. The molecule has 0 aliphatic carbocycles. The van der Waals surface area contributed by atoms with Crippen LogP contribution in [0, 0.1) is 0 Å². The van der Waals surface area contributed by atoms with Crippen LogP contribution in [0.4, 0.5) is 0 Å². The van der Waals surface area contributed by atoms with Crippen molar-refractivity contribution in [1.29, 1.82) is 0 Å². The van der Waals surface area contributed by atoms with Crippen LogP contribution in [0.2, 0.25) is 0 Å². The number of piperazine rings is 1. The monoisotopic (exact) mass is 339 g/mol. The molecule has 0 unspecified atom stereocenters. The molecule has 0 saturated carbocycles. The molecule has 0 bridgehead atoms. The number of amides is 1. The molecule has 1 fully saturated rings. The zero-order chi connectivity index (χ0) is 14.2. The van der Waals surface area contributed by atoms with Crippen LogP contribution in [-0.4, -0.2) is 50.1 Å². The minimum atomic E-state index is 0.0946. The second-order valence-electron chi connectivity index (χ2n) is 5.06. The van der Waals surface area contributed by atoms with Crippen molar-refractivity contribution >= 4 is 21.8 Å². The Hall–Kier alpha value is -0.910. The standard InChI is InChI=1S/C15H22BrN3O/c16-14-5-2-1-4-13(14)12-15(20)18-6-3-9-19-10-7-17-8-11-19/h1-2,4-5,17H,3,6-12H2,(H,18,20). The Kier molecular flexibility index (Phi) is 6.50. The smallest absolute Gasteiger partial charge is 0.224 e. The lowest BCUT2D eigenvalue weighted by Gasteiger charge is -2.27. The normalized spacial score (nSPS) is 16.1. The van der Waals surface area contributed by atoms with E-state index in [-0.39, 0.29) is 5.91 Å². The van der Waals surface area contributed by atoms with E-state index in [1.54, 1.807) is 0 Å². The van der Waals surface area contributed by atoms with Crippen LogP contribution < -0.4 is 10.6 Å². The van der Waals surface area contributed by atoms with Gasteiger partial charge in [0.15, 0.2) is 0 Å². The van der Waals surface area contributed by atoms with E-state index in [1.807, 2.05) is 24.3 Å². The highest BCUT2D eigenvalue weighted by atomic mass is 79.9. The predicted molar refractivity (Wildman–Crippen MR) is 84.8 cm³/mol. The van der Waals surface area contributed by atoms with Gasteiger partial charge in [-0.1, -0.05) is 34.1 Å². The molecule has 1 saturated heterocycles. The molecule has 1 aromatic carbocycles. The van der Waals surface area contributed by atoms with Crippen LogP contribution in [0.1, 0.15) is 12.0 Å². The number of hydrogen-bond acceptors (Lipinski definition) is 3. The Bertz CT molecular complexity index is 433. The first kappa shape index (κ1) is 15.5. The second-order valence-corrected chi connectivity index (χ2v) is 5.92. The zero-order valence-corrected chi connectivity index (χ0v) is 13.3. The quantitative estimate of drug-likeness (QED) is 0.770. The number of halogens is 1. The van der Waals surface area contributed by atoms with Crippen LogP contribution in [0.25, 0.3) is 0 Å². The van der Waals surface area contributed by atoms with Gasteiger partial charge in [0.1, 0.15) is 0 Å². The van der Waals surface area contributed by atoms with Crippen LogP contribution in [0.15, 0.2) is 28.7 Å². The van der Waals surface area contributed by atoms with Crippen molar-refractivity contribution in [2.24, 2.45) is 0 Å². The Balaban J connectivity index is 1.61. The molecule has 1 amide bonds. The van der Waals surface area contributed by atoms with Crippen molar-refractivity contribution in [3.05, 3.63) is 34.3 Å². The summed E-state index contributed by atoms with van der Waals surface area (Å²) < 4.78 is 0.996. The minimum Gasteiger partial charge on any atom is -0.356 e. The molecular formula is C15H22BrN3O. The lowest BCUT2D eigenvalue weighted by molar-refractivity contribution is -0.120. The SMILES string of the molecule is O=C(Cc1ccccc1Br)NCCCN1CCNCC1. The van der Waals surface area contributed by atoms with Gasteiger partial charge in [0.2, 0.25) is 5.91 Å². The number of carbonyl (C=O) groups is 1. The summed E-state index contributed by atoms with van der Waals surface area (Å²) in [6.07, 6.45) is 1.46. The maximum atomic E-state index is 11.9. The largest absolute Gasteiger partial charge is 0.356 e. The third-order valence-electron chi connectivity index (χ3n) is 3.49. The van der Waals surface area contributed by atoms with E-state index >= 15 is 0 Å². The summed E-state index contributed by atoms with van der Waals surface area (Å²) in [5, 5.41) is 6.34. The van der Waals surface area contributed by atoms with Gasteiger partial charge in [0.05, 0.1) is 6.42 Å². The van der Waals surface area contributed by atoms with E-state index in [2.05, 4.69) is 31.5 Å². The molecular weight excluding hydrogens is 318 g/mol. The fraction of sp³-hybridized carbons (Fsp3) is 0.533. The van der Waals surface area contributed by atoms with Crippen LogP contribution in [0.5, 0.6) is 0 Å². The van der Waals surface area contributed by atoms with E-state index in [0.717, 1.165) is 55.7 Å². The highest BCUT2D eigenvalue weighted by Crippen LogP contribution is 2.16. The number of hydrogen-bond donors (Lipinski definition) is 2. The summed E-state index contributed by atoms with van der Waals surface area (Å²) in [5.74, 6) is 0.0946. The molecule has 2 N–H and O–H groups in total. The molecule has 0 radical (unpaired) electrons. The van der Waals surface area contributed by atoms with Gasteiger partial charge < -0.3 is 15.5 Å². The van der Waals surface area contributed by atoms with Gasteiger partial charge in [-0.15, -0.1) is 0 Å². The molecule has 1 heterocycles. The highest BCUT2D eigenvalue weighted by molar-refractivity contribution is 9.10. The number of benzene rings is 1. The summed E-state index contributed by atoms with van der Waals surface area (Å²) >= 11 is 3.47. The van der Waals surface area contributed by atoms with E-state index < -0.39 is 0 Å². The van der Waals surface area contributed by atoms with Crippen molar-refractivity contribution in [3.8, 4) is 0 Å². The summed E-state index contributed by atoms with van der Waals surface area (Å²) in [7, 11) is 0. The molecule has 0 aromatic heterocycles. The Morgan fingerprint density at radius 3 is 2.80 bits per heavy atom. The molecule has 2 rings (SSSR count). The van der Waals surface area contributed by atoms with Crippen molar-refractivity contribution in [3.63, 3.8) is 0 Å². The lowest BCUT2D eigenvalue weighted by Crippen LogP contribution is -2.44. The van der Waals surface area contributed by atoms with Crippen molar-refractivity contribution in [1.82, 2.24) is 15.5 Å². The number of rotatable bonds is 6. The van der Waals surface area contributed by atoms with Gasteiger partial charge in [0, 0.05) is 37.2 Å². The van der Waals surface area contributed by atoms with Crippen LogP contribution >= 0.6 is 15.9 Å². The molecule has 1 aromatic rings. The predicted octanol–water partition coefficient (Wildman–Crippen LogP) is 1.40. The molecule has 110 valence electrons. The number of carbonyl (C=O) groups excluding carboxylic acids is 1. The minimum absolute atomic E-state index is 0.0946. The molecule has 5 heteroatoms. The molecule has 1 aliphatic rings. The number of nitrogens with zero attached hydrogens (tertiary/aromatic N) is 1. The third kappa shape index (κ3) is 5.23. The summed E-state index contributed by atoms with van der Waals surface area (Å²) in [6.45, 7) is 6.21. The fourth-order valence-electron chi connectivity index (χ4n) is 2.34. The van der Waals surface area contributed by atoms with Crippen molar-refractivity contribution < 1.29 is 4.79 Å². The summed E-state index contributed by atoms with van der Waals surface area (Å²) in [5.41, 5.74) is 1.03. The van der Waals surface area contributed by atoms with Gasteiger partial charge in [0.25, 0.3) is 0 Å². The lowest BCUT2D eigenvalue weighted by atomic mass is 10.1.